The van der Waals surface area contributed by atoms with Gasteiger partial charge in [-0.15, -0.1) is 0 Å². The summed E-state index contributed by atoms with van der Waals surface area (Å²) in [6, 6.07) is 6.61. The van der Waals surface area contributed by atoms with Crippen molar-refractivity contribution in [2.75, 3.05) is 0 Å². The third kappa shape index (κ3) is 7.05. The summed E-state index contributed by atoms with van der Waals surface area (Å²) in [7, 11) is 0. The third-order valence-corrected chi connectivity index (χ3v) is 2.20. The molecule has 1 N–H and O–H groups in total. The first-order valence-electron chi connectivity index (χ1n) is 7.65. The highest BCUT2D eigenvalue weighted by Crippen LogP contribution is 2.20. The molecule has 0 unspecified atom stereocenters. The molecule has 0 bridgehead atoms. The van der Waals surface area contributed by atoms with E-state index in [2.05, 4.69) is 57.8 Å². The van der Waals surface area contributed by atoms with Crippen LogP contribution in [-0.2, 0) is 0 Å². The van der Waals surface area contributed by atoms with Crippen LogP contribution in [0, 0.1) is 20.8 Å². The number of nitrogens with one attached hydrogen (secondary N) is 1. The van der Waals surface area contributed by atoms with Crippen molar-refractivity contribution >= 4 is 10.9 Å². The van der Waals surface area contributed by atoms with E-state index in [1.165, 1.54) is 34.1 Å². The first-order chi connectivity index (χ1) is 9.08. The molecule has 0 fully saturated rings. The zero-order chi connectivity index (χ0) is 15.4. The molecule has 0 saturated heterocycles. The smallest absolute Gasteiger partial charge is 0.0485 e. The second-order valence-electron chi connectivity index (χ2n) is 4.21. The maximum absolute atomic E-state index is 3.35. The highest BCUT2D eigenvalue weighted by Gasteiger charge is 2.00. The molecule has 1 nitrogen and oxygen atoms in total. The molecular formula is C18H35N. The standard InChI is InChI=1S/C11H13N.C3H8.2C2H6.H2/c1-7-4-8(2)11-10(5-7)6-9(3)12-11;1-3-2;2*1-2;/h4-6,12H,1-3H3;3H2,1-2H3;2*1-2H3;1H. The molecule has 112 valence electrons. The van der Waals surface area contributed by atoms with Crippen LogP contribution in [0.15, 0.2) is 18.2 Å². The van der Waals surface area contributed by atoms with E-state index in [0.717, 1.165) is 0 Å². The summed E-state index contributed by atoms with van der Waals surface area (Å²) in [4.78, 5) is 3.35. The molecule has 19 heavy (non-hydrogen) atoms. The zero-order valence-electron chi connectivity index (χ0n) is 14.4. The van der Waals surface area contributed by atoms with Gasteiger partial charge in [-0.1, -0.05) is 59.6 Å². The van der Waals surface area contributed by atoms with E-state index in [9.17, 15) is 0 Å². The van der Waals surface area contributed by atoms with Crippen LogP contribution in [0.4, 0.5) is 0 Å². The van der Waals surface area contributed by atoms with Gasteiger partial charge < -0.3 is 4.98 Å². The number of hydrogen-bond acceptors (Lipinski definition) is 0. The number of aromatic amines is 1. The molecule has 2 aromatic rings. The Morgan fingerprint density at radius 1 is 0.895 bits per heavy atom. The summed E-state index contributed by atoms with van der Waals surface area (Å²) >= 11 is 0. The maximum atomic E-state index is 3.35. The van der Waals surface area contributed by atoms with Gasteiger partial charge in [-0.25, -0.2) is 0 Å². The summed E-state index contributed by atoms with van der Waals surface area (Å²) in [5, 5.41) is 1.32. The average Bonchev–Trinajstić information content (AvgIpc) is 2.76. The van der Waals surface area contributed by atoms with Gasteiger partial charge >= 0.3 is 0 Å². The van der Waals surface area contributed by atoms with E-state index in [0.29, 0.717) is 0 Å². The van der Waals surface area contributed by atoms with Crippen LogP contribution in [0.5, 0.6) is 0 Å². The minimum absolute atomic E-state index is 0. The van der Waals surface area contributed by atoms with Gasteiger partial charge in [0.1, 0.15) is 0 Å². The molecule has 2 rings (SSSR count). The van der Waals surface area contributed by atoms with Gasteiger partial charge in [-0.05, 0) is 38.5 Å². The third-order valence-electron chi connectivity index (χ3n) is 2.20. The molecule has 0 aliphatic heterocycles. The maximum Gasteiger partial charge on any atom is 0.0485 e. The van der Waals surface area contributed by atoms with Gasteiger partial charge in [0.25, 0.3) is 0 Å². The molecule has 0 aliphatic rings. The molecule has 1 aromatic heterocycles. The van der Waals surface area contributed by atoms with Crippen molar-refractivity contribution in [1.82, 2.24) is 4.98 Å². The van der Waals surface area contributed by atoms with E-state index in [1.807, 2.05) is 27.7 Å². The zero-order valence-corrected chi connectivity index (χ0v) is 14.4. The van der Waals surface area contributed by atoms with Crippen LogP contribution in [0.3, 0.4) is 0 Å². The first kappa shape index (κ1) is 20.1. The quantitative estimate of drug-likeness (QED) is 0.538. The Labute approximate surface area is 121 Å². The Bertz CT molecular complexity index is 444. The topological polar surface area (TPSA) is 15.8 Å². The van der Waals surface area contributed by atoms with E-state index >= 15 is 0 Å². The summed E-state index contributed by atoms with van der Waals surface area (Å²) in [5.74, 6) is 0. The Morgan fingerprint density at radius 2 is 1.37 bits per heavy atom. The summed E-state index contributed by atoms with van der Waals surface area (Å²) in [6.45, 7) is 18.6. The molecule has 0 aliphatic carbocycles. The fourth-order valence-electron chi connectivity index (χ4n) is 1.75. The van der Waals surface area contributed by atoms with Crippen molar-refractivity contribution in [1.29, 1.82) is 0 Å². The summed E-state index contributed by atoms with van der Waals surface area (Å²) in [6.07, 6.45) is 1.25. The number of rotatable bonds is 0. The van der Waals surface area contributed by atoms with E-state index in [-0.39, 0.29) is 1.43 Å². The number of hydrogen-bond donors (Lipinski definition) is 1. The Balaban J connectivity index is -0.000000315. The van der Waals surface area contributed by atoms with Crippen molar-refractivity contribution in [3.05, 3.63) is 35.0 Å². The lowest BCUT2D eigenvalue weighted by Crippen LogP contribution is -1.78. The van der Waals surface area contributed by atoms with Crippen molar-refractivity contribution in [2.45, 2.75) is 68.7 Å². The highest BCUT2D eigenvalue weighted by molar-refractivity contribution is 5.84. The molecular weight excluding hydrogens is 230 g/mol. The fourth-order valence-corrected chi connectivity index (χ4v) is 1.75. The van der Waals surface area contributed by atoms with E-state index in [1.54, 1.807) is 0 Å². The first-order valence-corrected chi connectivity index (χ1v) is 7.65. The van der Waals surface area contributed by atoms with Gasteiger partial charge in [-0.2, -0.15) is 0 Å². The molecule has 1 heterocycles. The van der Waals surface area contributed by atoms with Gasteiger partial charge in [-0.3, -0.25) is 0 Å². The van der Waals surface area contributed by atoms with Gasteiger partial charge in [0.2, 0.25) is 0 Å². The second kappa shape index (κ2) is 11.8. The minimum Gasteiger partial charge on any atom is -0.358 e. The number of benzene rings is 1. The van der Waals surface area contributed by atoms with Crippen molar-refractivity contribution in [3.63, 3.8) is 0 Å². The monoisotopic (exact) mass is 265 g/mol. The van der Waals surface area contributed by atoms with E-state index < -0.39 is 0 Å². The molecule has 0 radical (unpaired) electrons. The molecule has 0 atom stereocenters. The summed E-state index contributed by atoms with van der Waals surface area (Å²) < 4.78 is 0. The van der Waals surface area contributed by atoms with Crippen LogP contribution in [0.25, 0.3) is 10.9 Å². The van der Waals surface area contributed by atoms with E-state index in [4.69, 9.17) is 0 Å². The second-order valence-corrected chi connectivity index (χ2v) is 4.21. The molecule has 0 saturated carbocycles. The van der Waals surface area contributed by atoms with Crippen molar-refractivity contribution in [3.8, 4) is 0 Å². The lowest BCUT2D eigenvalue weighted by Gasteiger charge is -1.97. The predicted molar refractivity (Wildman–Crippen MR) is 93.3 cm³/mol. The molecule has 0 amide bonds. The number of aromatic nitrogens is 1. The average molecular weight is 265 g/mol. The van der Waals surface area contributed by atoms with Gasteiger partial charge in [0, 0.05) is 18.0 Å². The van der Waals surface area contributed by atoms with Gasteiger partial charge in [0.15, 0.2) is 0 Å². The summed E-state index contributed by atoms with van der Waals surface area (Å²) in [5.41, 5.74) is 5.17. The van der Waals surface area contributed by atoms with Crippen LogP contribution < -0.4 is 0 Å². The molecule has 1 aromatic carbocycles. The number of aryl methyl sites for hydroxylation is 3. The van der Waals surface area contributed by atoms with Crippen LogP contribution >= 0.6 is 0 Å². The SMILES string of the molecule is CC.CC.CCC.Cc1cc(C)c2[nH]c(C)cc2c1.[HH]. The lowest BCUT2D eigenvalue weighted by molar-refractivity contribution is 1.09. The van der Waals surface area contributed by atoms with Crippen LogP contribution in [0.2, 0.25) is 0 Å². The minimum atomic E-state index is 0. The number of H-pyrrole nitrogens is 1. The van der Waals surface area contributed by atoms with Crippen LogP contribution in [0.1, 0.15) is 66.2 Å². The fraction of sp³-hybridized carbons (Fsp3) is 0.556. The lowest BCUT2D eigenvalue weighted by atomic mass is 10.1. The Kier molecular flexibility index (Phi) is 12.5. The molecule has 1 heteroatoms. The number of fused-ring (bicyclic) bond motifs is 1. The highest BCUT2D eigenvalue weighted by atomic mass is 14.7. The van der Waals surface area contributed by atoms with Crippen molar-refractivity contribution < 1.29 is 1.43 Å². The van der Waals surface area contributed by atoms with Crippen molar-refractivity contribution in [2.24, 2.45) is 0 Å². The van der Waals surface area contributed by atoms with Gasteiger partial charge in [0.05, 0.1) is 0 Å². The largest absolute Gasteiger partial charge is 0.358 e. The Morgan fingerprint density at radius 3 is 1.84 bits per heavy atom. The Hall–Kier alpha value is -1.24. The predicted octanol–water partition coefficient (Wildman–Crippen LogP) is 6.81. The normalized spacial score (nSPS) is 8.47. The molecule has 0 spiro atoms. The van der Waals surface area contributed by atoms with Crippen LogP contribution in [-0.4, -0.2) is 4.98 Å².